The van der Waals surface area contributed by atoms with Crippen LogP contribution in [-0.2, 0) is 0 Å². The Morgan fingerprint density at radius 1 is 0.935 bits per heavy atom. The zero-order valence-corrected chi connectivity index (χ0v) is 17.1. The van der Waals surface area contributed by atoms with Crippen LogP contribution in [0.15, 0.2) is 72.8 Å². The summed E-state index contributed by atoms with van der Waals surface area (Å²) >= 11 is 0. The van der Waals surface area contributed by atoms with E-state index in [2.05, 4.69) is 28.6 Å². The zero-order chi connectivity index (χ0) is 20.8. The maximum absolute atomic E-state index is 6.48. The Kier molecular flexibility index (Phi) is 4.25. The average Bonchev–Trinajstić information content (AvgIpc) is 3.46. The Hall–Kier alpha value is -3.64. The quantitative estimate of drug-likeness (QED) is 0.661. The number of rotatable bonds is 4. The molecule has 3 aromatic carbocycles. The third-order valence-corrected chi connectivity index (χ3v) is 5.77. The van der Waals surface area contributed by atoms with Crippen molar-refractivity contribution < 1.29 is 18.9 Å². The van der Waals surface area contributed by atoms with Crippen LogP contribution in [0, 0.1) is 0 Å². The van der Waals surface area contributed by atoms with E-state index in [1.165, 1.54) is 0 Å². The minimum atomic E-state index is -0.342. The van der Waals surface area contributed by atoms with E-state index in [1.54, 1.807) is 0 Å². The van der Waals surface area contributed by atoms with Gasteiger partial charge in [-0.2, -0.15) is 5.01 Å². The van der Waals surface area contributed by atoms with Crippen molar-refractivity contribution in [2.75, 3.05) is 13.4 Å². The first-order chi connectivity index (χ1) is 15.3. The monoisotopic (exact) mass is 414 g/mol. The van der Waals surface area contributed by atoms with Gasteiger partial charge in [-0.15, -0.1) is 0 Å². The molecule has 0 fully saturated rings. The van der Waals surface area contributed by atoms with Gasteiger partial charge in [-0.25, -0.2) is 0 Å². The third kappa shape index (κ3) is 2.99. The van der Waals surface area contributed by atoms with Crippen molar-refractivity contribution in [2.24, 2.45) is 0 Å². The van der Waals surface area contributed by atoms with Gasteiger partial charge in [0.1, 0.15) is 11.5 Å². The molecular formula is C25H22N2O4. The fourth-order valence-electron chi connectivity index (χ4n) is 4.35. The number of benzene rings is 3. The van der Waals surface area contributed by atoms with Crippen molar-refractivity contribution in [3.63, 3.8) is 0 Å². The molecule has 0 saturated heterocycles. The van der Waals surface area contributed by atoms with Crippen LogP contribution < -0.4 is 24.4 Å². The second kappa shape index (κ2) is 7.25. The van der Waals surface area contributed by atoms with Gasteiger partial charge >= 0.3 is 0 Å². The molecular weight excluding hydrogens is 392 g/mol. The van der Waals surface area contributed by atoms with E-state index in [1.807, 2.05) is 61.5 Å². The molecule has 6 rings (SSSR count). The van der Waals surface area contributed by atoms with Gasteiger partial charge < -0.3 is 24.4 Å². The first kappa shape index (κ1) is 18.2. The van der Waals surface area contributed by atoms with Crippen LogP contribution >= 0.6 is 0 Å². The van der Waals surface area contributed by atoms with Crippen LogP contribution in [0.25, 0.3) is 5.70 Å². The molecule has 0 bridgehead atoms. The lowest BCUT2D eigenvalue weighted by atomic mass is 10.0. The third-order valence-electron chi connectivity index (χ3n) is 5.77. The molecule has 0 amide bonds. The van der Waals surface area contributed by atoms with Crippen LogP contribution in [0.1, 0.15) is 35.9 Å². The van der Waals surface area contributed by atoms with E-state index in [0.717, 1.165) is 45.4 Å². The Labute approximate surface area is 180 Å². The largest absolute Gasteiger partial charge is 0.493 e. The summed E-state index contributed by atoms with van der Waals surface area (Å²) < 4.78 is 23.4. The minimum absolute atomic E-state index is 0.0186. The zero-order valence-electron chi connectivity index (χ0n) is 17.1. The van der Waals surface area contributed by atoms with Gasteiger partial charge in [-0.3, -0.25) is 0 Å². The van der Waals surface area contributed by atoms with Crippen LogP contribution in [0.5, 0.6) is 23.0 Å². The number of hydrazine groups is 1. The van der Waals surface area contributed by atoms with Gasteiger partial charge in [0, 0.05) is 11.1 Å². The Morgan fingerprint density at radius 3 is 2.65 bits per heavy atom. The van der Waals surface area contributed by atoms with Gasteiger partial charge in [-0.1, -0.05) is 36.4 Å². The number of hydrogen-bond acceptors (Lipinski definition) is 6. The molecule has 31 heavy (non-hydrogen) atoms. The van der Waals surface area contributed by atoms with Gasteiger partial charge in [0.15, 0.2) is 17.7 Å². The fourth-order valence-corrected chi connectivity index (χ4v) is 4.35. The highest BCUT2D eigenvalue weighted by molar-refractivity contribution is 5.70. The van der Waals surface area contributed by atoms with Crippen molar-refractivity contribution >= 4 is 5.70 Å². The van der Waals surface area contributed by atoms with Gasteiger partial charge in [0.25, 0.3) is 0 Å². The highest BCUT2D eigenvalue weighted by Gasteiger charge is 2.41. The van der Waals surface area contributed by atoms with Crippen molar-refractivity contribution in [1.29, 1.82) is 0 Å². The molecule has 6 heteroatoms. The second-order valence-electron chi connectivity index (χ2n) is 7.59. The molecule has 3 aliphatic heterocycles. The molecule has 3 aromatic rings. The number of fused-ring (bicyclic) bond motifs is 4. The maximum atomic E-state index is 6.48. The predicted octanol–water partition coefficient (Wildman–Crippen LogP) is 4.81. The number of hydrogen-bond donors (Lipinski definition) is 1. The summed E-state index contributed by atoms with van der Waals surface area (Å²) in [4.78, 5) is 0. The lowest BCUT2D eigenvalue weighted by Crippen LogP contribution is -2.43. The van der Waals surface area contributed by atoms with E-state index in [0.29, 0.717) is 6.61 Å². The number of nitrogens with zero attached hydrogens (tertiary/aromatic N) is 1. The van der Waals surface area contributed by atoms with Crippen molar-refractivity contribution in [2.45, 2.75) is 19.2 Å². The average molecular weight is 414 g/mol. The number of nitrogens with one attached hydrogen (secondary N) is 1. The molecule has 0 radical (unpaired) electrons. The molecule has 0 saturated carbocycles. The molecule has 156 valence electrons. The molecule has 0 aliphatic carbocycles. The number of para-hydroxylation sites is 2. The topological polar surface area (TPSA) is 52.2 Å². The number of ether oxygens (including phenoxy) is 4. The minimum Gasteiger partial charge on any atom is -0.493 e. The molecule has 3 heterocycles. The summed E-state index contributed by atoms with van der Waals surface area (Å²) in [7, 11) is 0. The van der Waals surface area contributed by atoms with E-state index in [4.69, 9.17) is 18.9 Å². The van der Waals surface area contributed by atoms with Crippen LogP contribution in [-0.4, -0.2) is 18.4 Å². The van der Waals surface area contributed by atoms with Crippen LogP contribution in [0.2, 0.25) is 0 Å². The van der Waals surface area contributed by atoms with E-state index >= 15 is 0 Å². The maximum Gasteiger partial charge on any atom is 0.231 e. The standard InChI is InChI=1S/C25H22N2O4/c1-2-28-21-9-5-4-8-18(21)25-27-20(17-7-3-6-10-22(17)31-25)14-19(26-27)16-11-12-23-24(13-16)30-15-29-23/h3-14,20,25-26H,2,15H2,1H3/t20-,25-/m0/s1. The highest BCUT2D eigenvalue weighted by Crippen LogP contribution is 2.47. The summed E-state index contributed by atoms with van der Waals surface area (Å²) in [5.74, 6) is 3.24. The van der Waals surface area contributed by atoms with Crippen molar-refractivity contribution in [3.05, 3.63) is 89.5 Å². The summed E-state index contributed by atoms with van der Waals surface area (Å²) in [6, 6.07) is 22.2. The van der Waals surface area contributed by atoms with Gasteiger partial charge in [0.05, 0.1) is 23.9 Å². The lowest BCUT2D eigenvalue weighted by Gasteiger charge is -2.39. The highest BCUT2D eigenvalue weighted by atomic mass is 16.7. The summed E-state index contributed by atoms with van der Waals surface area (Å²) in [6.07, 6.45) is 1.89. The lowest BCUT2D eigenvalue weighted by molar-refractivity contribution is -0.0340. The summed E-state index contributed by atoms with van der Waals surface area (Å²) in [5, 5.41) is 2.14. The summed E-state index contributed by atoms with van der Waals surface area (Å²) in [6.45, 7) is 2.85. The Balaban J connectivity index is 1.42. The normalized spacial score (nSPS) is 20.9. The smallest absolute Gasteiger partial charge is 0.231 e. The van der Waals surface area contributed by atoms with Crippen LogP contribution in [0.3, 0.4) is 0 Å². The molecule has 2 atom stereocenters. The molecule has 0 spiro atoms. The predicted molar refractivity (Wildman–Crippen MR) is 116 cm³/mol. The first-order valence-corrected chi connectivity index (χ1v) is 10.5. The van der Waals surface area contributed by atoms with E-state index in [-0.39, 0.29) is 19.1 Å². The molecule has 3 aliphatic rings. The van der Waals surface area contributed by atoms with Gasteiger partial charge in [-0.05, 0) is 43.3 Å². The van der Waals surface area contributed by atoms with E-state index in [9.17, 15) is 0 Å². The second-order valence-corrected chi connectivity index (χ2v) is 7.59. The van der Waals surface area contributed by atoms with Crippen LogP contribution in [0.4, 0.5) is 0 Å². The SMILES string of the molecule is CCOc1ccccc1[C@@H]1Oc2ccccc2[C@@H]2C=C(c3ccc4c(c3)OCO4)NN21. The first-order valence-electron chi connectivity index (χ1n) is 10.5. The molecule has 0 aromatic heterocycles. The summed E-state index contributed by atoms with van der Waals surface area (Å²) in [5.41, 5.74) is 7.72. The van der Waals surface area contributed by atoms with Crippen molar-refractivity contribution in [1.82, 2.24) is 10.4 Å². The van der Waals surface area contributed by atoms with E-state index < -0.39 is 0 Å². The molecule has 6 nitrogen and oxygen atoms in total. The fraction of sp³-hybridized carbons (Fsp3) is 0.200. The Morgan fingerprint density at radius 2 is 1.74 bits per heavy atom. The molecule has 1 N–H and O–H groups in total. The van der Waals surface area contributed by atoms with Gasteiger partial charge in [0.2, 0.25) is 6.79 Å². The van der Waals surface area contributed by atoms with Crippen molar-refractivity contribution in [3.8, 4) is 23.0 Å². The molecule has 0 unspecified atom stereocenters. The Bertz CT molecular complexity index is 1180.